The Kier molecular flexibility index (Phi) is 2.50. The number of halogens is 3. The Balaban J connectivity index is 3.14. The van der Waals surface area contributed by atoms with Crippen molar-refractivity contribution in [3.8, 4) is 0 Å². The van der Waals surface area contributed by atoms with Crippen molar-refractivity contribution in [1.82, 2.24) is 4.98 Å². The summed E-state index contributed by atoms with van der Waals surface area (Å²) in [6.45, 7) is 0. The summed E-state index contributed by atoms with van der Waals surface area (Å²) in [7, 11) is -4.04. The van der Waals surface area contributed by atoms with Crippen LogP contribution in [0.15, 0.2) is 23.4 Å². The summed E-state index contributed by atoms with van der Waals surface area (Å²) >= 11 is 0. The van der Waals surface area contributed by atoms with Gasteiger partial charge in [0.05, 0.1) is 5.56 Å². The molecule has 78 valence electrons. The molecule has 0 saturated heterocycles. The predicted molar refractivity (Wildman–Crippen MR) is 40.6 cm³/mol. The molecule has 14 heavy (non-hydrogen) atoms. The van der Waals surface area contributed by atoms with Crippen LogP contribution in [-0.4, -0.2) is 13.4 Å². The topological polar surface area (TPSA) is 73.1 Å². The Morgan fingerprint density at radius 1 is 1.29 bits per heavy atom. The van der Waals surface area contributed by atoms with E-state index in [0.29, 0.717) is 18.3 Å². The van der Waals surface area contributed by atoms with Crippen molar-refractivity contribution in [3.63, 3.8) is 0 Å². The van der Waals surface area contributed by atoms with Crippen molar-refractivity contribution in [2.75, 3.05) is 0 Å². The third kappa shape index (κ3) is 2.42. The lowest BCUT2D eigenvalue weighted by Gasteiger charge is -2.05. The van der Waals surface area contributed by atoms with Crippen molar-refractivity contribution < 1.29 is 21.6 Å². The van der Waals surface area contributed by atoms with Crippen molar-refractivity contribution in [2.45, 2.75) is 11.2 Å². The molecule has 0 unspecified atom stereocenters. The smallest absolute Gasteiger partial charge is 0.243 e. The fraction of sp³-hybridized carbons (Fsp3) is 0.167. The molecule has 0 aliphatic carbocycles. The zero-order valence-corrected chi connectivity index (χ0v) is 7.43. The Morgan fingerprint density at radius 3 is 2.14 bits per heavy atom. The van der Waals surface area contributed by atoms with Crippen LogP contribution in [0.3, 0.4) is 0 Å². The van der Waals surface area contributed by atoms with E-state index in [4.69, 9.17) is 0 Å². The van der Waals surface area contributed by atoms with Gasteiger partial charge in [0, 0.05) is 6.20 Å². The summed E-state index contributed by atoms with van der Waals surface area (Å²) in [6, 6.07) is 1.31. The van der Waals surface area contributed by atoms with Gasteiger partial charge in [0.15, 0.2) is 5.03 Å². The van der Waals surface area contributed by atoms with Gasteiger partial charge in [-0.1, -0.05) is 0 Å². The maximum atomic E-state index is 12.0. The van der Waals surface area contributed by atoms with Crippen molar-refractivity contribution in [2.24, 2.45) is 5.14 Å². The van der Waals surface area contributed by atoms with E-state index < -0.39 is 26.8 Å². The molecule has 0 atom stereocenters. The largest absolute Gasteiger partial charge is 0.417 e. The minimum absolute atomic E-state index is 0.416. The highest BCUT2D eigenvalue weighted by Gasteiger charge is 2.31. The first-order chi connectivity index (χ1) is 6.21. The molecule has 0 saturated carbocycles. The first-order valence-corrected chi connectivity index (χ1v) is 4.82. The SMILES string of the molecule is NS(=O)(=O)c1ccc(C(F)(F)F)cn1. The summed E-state index contributed by atoms with van der Waals surface area (Å²) in [5.41, 5.74) is -1.02. The molecule has 0 spiro atoms. The summed E-state index contributed by atoms with van der Waals surface area (Å²) in [5, 5.41) is 4.05. The van der Waals surface area contributed by atoms with Gasteiger partial charge in [0.1, 0.15) is 0 Å². The van der Waals surface area contributed by atoms with Gasteiger partial charge >= 0.3 is 6.18 Å². The molecule has 1 heterocycles. The predicted octanol–water partition coefficient (Wildman–Crippen LogP) is 0.748. The Hall–Kier alpha value is -1.15. The molecule has 1 aromatic rings. The van der Waals surface area contributed by atoms with Crippen LogP contribution < -0.4 is 5.14 Å². The number of primary sulfonamides is 1. The molecule has 0 aromatic carbocycles. The van der Waals surface area contributed by atoms with E-state index >= 15 is 0 Å². The van der Waals surface area contributed by atoms with Crippen molar-refractivity contribution in [3.05, 3.63) is 23.9 Å². The van der Waals surface area contributed by atoms with Crippen LogP contribution in [0.1, 0.15) is 5.56 Å². The molecule has 4 nitrogen and oxygen atoms in total. The van der Waals surface area contributed by atoms with E-state index in [1.807, 2.05) is 0 Å². The van der Waals surface area contributed by atoms with Gasteiger partial charge in [-0.05, 0) is 12.1 Å². The average molecular weight is 226 g/mol. The van der Waals surface area contributed by atoms with Gasteiger partial charge in [-0.3, -0.25) is 0 Å². The van der Waals surface area contributed by atoms with Crippen LogP contribution in [-0.2, 0) is 16.2 Å². The van der Waals surface area contributed by atoms with Crippen LogP contribution in [0.4, 0.5) is 13.2 Å². The molecule has 1 aromatic heterocycles. The number of aromatic nitrogens is 1. The quantitative estimate of drug-likeness (QED) is 0.767. The van der Waals surface area contributed by atoms with E-state index in [9.17, 15) is 21.6 Å². The molecule has 2 N–H and O–H groups in total. The molecular weight excluding hydrogens is 221 g/mol. The lowest BCUT2D eigenvalue weighted by Crippen LogP contribution is -2.15. The molecule has 8 heteroatoms. The minimum atomic E-state index is -4.54. The summed E-state index contributed by atoms with van der Waals surface area (Å²) in [4.78, 5) is 3.08. The lowest BCUT2D eigenvalue weighted by molar-refractivity contribution is -0.137. The Labute approximate surface area is 77.6 Å². The van der Waals surface area contributed by atoms with Crippen LogP contribution in [0, 0.1) is 0 Å². The minimum Gasteiger partial charge on any atom is -0.243 e. The monoisotopic (exact) mass is 226 g/mol. The number of sulfonamides is 1. The highest BCUT2D eigenvalue weighted by atomic mass is 32.2. The van der Waals surface area contributed by atoms with Gasteiger partial charge < -0.3 is 0 Å². The first-order valence-electron chi connectivity index (χ1n) is 3.27. The molecule has 0 fully saturated rings. The normalized spacial score (nSPS) is 12.9. The third-order valence-corrected chi connectivity index (χ3v) is 2.18. The van der Waals surface area contributed by atoms with E-state index in [2.05, 4.69) is 10.1 Å². The van der Waals surface area contributed by atoms with Crippen molar-refractivity contribution in [1.29, 1.82) is 0 Å². The number of alkyl halides is 3. The van der Waals surface area contributed by atoms with E-state index in [-0.39, 0.29) is 0 Å². The number of hydrogen-bond donors (Lipinski definition) is 1. The van der Waals surface area contributed by atoms with Gasteiger partial charge in [0.2, 0.25) is 0 Å². The Morgan fingerprint density at radius 2 is 1.86 bits per heavy atom. The van der Waals surface area contributed by atoms with Crippen molar-refractivity contribution >= 4 is 10.0 Å². The zero-order chi connectivity index (χ0) is 11.0. The zero-order valence-electron chi connectivity index (χ0n) is 6.62. The maximum absolute atomic E-state index is 12.0. The van der Waals surface area contributed by atoms with Crippen LogP contribution in [0.2, 0.25) is 0 Å². The second-order valence-corrected chi connectivity index (χ2v) is 3.94. The molecule has 0 radical (unpaired) electrons. The van der Waals surface area contributed by atoms with Crippen LogP contribution in [0.25, 0.3) is 0 Å². The van der Waals surface area contributed by atoms with Gasteiger partial charge in [-0.2, -0.15) is 13.2 Å². The molecular formula is C6H5F3N2O2S. The number of pyridine rings is 1. The van der Waals surface area contributed by atoms with Crippen LogP contribution in [0.5, 0.6) is 0 Å². The molecule has 0 aliphatic heterocycles. The van der Waals surface area contributed by atoms with Gasteiger partial charge in [-0.25, -0.2) is 18.5 Å². The Bertz CT molecular complexity index is 423. The molecule has 0 amide bonds. The second kappa shape index (κ2) is 3.21. The third-order valence-electron chi connectivity index (χ3n) is 1.36. The number of hydrogen-bond acceptors (Lipinski definition) is 3. The molecule has 0 aliphatic rings. The maximum Gasteiger partial charge on any atom is 0.417 e. The summed E-state index contributed by atoms with van der Waals surface area (Å²) < 4.78 is 57.2. The number of rotatable bonds is 1. The van der Waals surface area contributed by atoms with Gasteiger partial charge in [-0.15, -0.1) is 0 Å². The average Bonchev–Trinajstić information content (AvgIpc) is 2.01. The standard InChI is InChI=1S/C6H5F3N2O2S/c7-6(8,9)4-1-2-5(11-3-4)14(10,12)13/h1-3H,(H2,10,12,13). The fourth-order valence-corrected chi connectivity index (χ4v) is 1.17. The van der Waals surface area contributed by atoms with E-state index in [0.717, 1.165) is 0 Å². The van der Waals surface area contributed by atoms with E-state index in [1.54, 1.807) is 0 Å². The number of nitrogens with two attached hydrogens (primary N) is 1. The van der Waals surface area contributed by atoms with Gasteiger partial charge in [0.25, 0.3) is 10.0 Å². The molecule has 1 rings (SSSR count). The van der Waals surface area contributed by atoms with Crippen LogP contribution >= 0.6 is 0 Å². The lowest BCUT2D eigenvalue weighted by atomic mass is 10.3. The molecule has 0 bridgehead atoms. The highest BCUT2D eigenvalue weighted by Crippen LogP contribution is 2.28. The summed E-state index contributed by atoms with van der Waals surface area (Å²) in [5.74, 6) is 0. The summed E-state index contributed by atoms with van der Waals surface area (Å²) in [6.07, 6.45) is -4.12. The highest BCUT2D eigenvalue weighted by molar-refractivity contribution is 7.89. The van der Waals surface area contributed by atoms with E-state index in [1.165, 1.54) is 0 Å². The number of nitrogens with zero attached hydrogens (tertiary/aromatic N) is 1. The fourth-order valence-electron chi connectivity index (χ4n) is 0.716. The second-order valence-electron chi connectivity index (χ2n) is 2.43. The first kappa shape index (κ1) is 10.9.